The number of anilines is 1. The standard InChI is InChI=1S/C30H36N3O5P/c1-8-36-39(35,37-9-2)29(5,6)33(34)19-22-18-21-14-10-11-15-23(21)26-27(22)38-30(20-31-26)28(3,4)24-16-12-13-17-25(24)32(30)7/h10-20H,8-9H2,1-7H3. The van der Waals surface area contributed by atoms with E-state index in [1.54, 1.807) is 27.7 Å². The average molecular weight is 550 g/mol. The fraction of sp³-hybridized carbons (Fsp3) is 0.400. The molecule has 0 amide bonds. The molecule has 0 fully saturated rings. The number of hydrogen-bond donors (Lipinski definition) is 0. The molecule has 0 bridgehead atoms. The van der Waals surface area contributed by atoms with Gasteiger partial charge < -0.3 is 23.9 Å². The molecule has 206 valence electrons. The van der Waals surface area contributed by atoms with Gasteiger partial charge in [-0.2, -0.15) is 4.74 Å². The molecule has 3 aromatic carbocycles. The molecule has 1 atom stereocenters. The van der Waals surface area contributed by atoms with E-state index in [0.717, 1.165) is 22.0 Å². The van der Waals surface area contributed by atoms with E-state index in [9.17, 15) is 9.77 Å². The minimum atomic E-state index is -3.79. The maximum Gasteiger partial charge on any atom is 0.401 e. The molecule has 0 saturated heterocycles. The van der Waals surface area contributed by atoms with E-state index in [1.165, 1.54) is 6.21 Å². The predicted molar refractivity (Wildman–Crippen MR) is 157 cm³/mol. The van der Waals surface area contributed by atoms with Crippen LogP contribution in [0.3, 0.4) is 0 Å². The number of hydrogen-bond acceptors (Lipinski definition) is 7. The van der Waals surface area contributed by atoms with Crippen LogP contribution >= 0.6 is 7.60 Å². The van der Waals surface area contributed by atoms with Crippen molar-refractivity contribution in [2.24, 2.45) is 4.99 Å². The summed E-state index contributed by atoms with van der Waals surface area (Å²) in [5.74, 6) is 0.489. The number of rotatable bonds is 7. The number of ether oxygens (including phenoxy) is 1. The van der Waals surface area contributed by atoms with E-state index in [0.29, 0.717) is 21.7 Å². The Labute approximate surface area is 230 Å². The van der Waals surface area contributed by atoms with Crippen LogP contribution in [0.1, 0.15) is 52.7 Å². The molecule has 8 nitrogen and oxygen atoms in total. The Morgan fingerprint density at radius 3 is 2.41 bits per heavy atom. The summed E-state index contributed by atoms with van der Waals surface area (Å²) in [6.45, 7) is 11.2. The summed E-state index contributed by atoms with van der Waals surface area (Å²) in [5.41, 5.74) is 2.00. The second kappa shape index (κ2) is 9.47. The summed E-state index contributed by atoms with van der Waals surface area (Å²) in [4.78, 5) is 7.09. The first-order chi connectivity index (χ1) is 18.4. The molecule has 9 heteroatoms. The van der Waals surface area contributed by atoms with Crippen molar-refractivity contribution in [2.75, 3.05) is 25.2 Å². The molecule has 0 aliphatic carbocycles. The molecular formula is C30H36N3O5P. The van der Waals surface area contributed by atoms with Gasteiger partial charge in [0.25, 0.3) is 5.28 Å². The maximum absolute atomic E-state index is 13.8. The fourth-order valence-electron chi connectivity index (χ4n) is 5.62. The number of aliphatic imine (C=N–C) groups is 1. The first-order valence-electron chi connectivity index (χ1n) is 13.3. The van der Waals surface area contributed by atoms with Crippen molar-refractivity contribution in [3.63, 3.8) is 0 Å². The zero-order valence-corrected chi connectivity index (χ0v) is 24.5. The van der Waals surface area contributed by atoms with Gasteiger partial charge in [0, 0.05) is 32.0 Å². The average Bonchev–Trinajstić information content (AvgIpc) is 3.07. The lowest BCUT2D eigenvalue weighted by Gasteiger charge is -2.45. The number of benzene rings is 3. The van der Waals surface area contributed by atoms with Gasteiger partial charge in [-0.15, -0.1) is 0 Å². The number of para-hydroxylation sites is 1. The van der Waals surface area contributed by atoms with Crippen LogP contribution in [0.2, 0.25) is 0 Å². The molecule has 2 aliphatic heterocycles. The minimum Gasteiger partial charge on any atom is -0.623 e. The lowest BCUT2D eigenvalue weighted by atomic mass is 9.77. The molecule has 1 unspecified atom stereocenters. The normalized spacial score (nSPS) is 20.3. The van der Waals surface area contributed by atoms with Crippen LogP contribution in [0.5, 0.6) is 5.75 Å². The highest BCUT2D eigenvalue weighted by Gasteiger charge is 2.59. The molecule has 39 heavy (non-hydrogen) atoms. The van der Waals surface area contributed by atoms with Crippen LogP contribution in [0.4, 0.5) is 11.4 Å². The van der Waals surface area contributed by atoms with E-state index in [2.05, 4.69) is 30.9 Å². The second-order valence-electron chi connectivity index (χ2n) is 10.9. The van der Waals surface area contributed by atoms with Crippen molar-refractivity contribution in [3.8, 4) is 5.75 Å². The third-order valence-corrected chi connectivity index (χ3v) is 10.8. The topological polar surface area (TPSA) is 86.4 Å². The quantitative estimate of drug-likeness (QED) is 0.104. The monoisotopic (exact) mass is 549 g/mol. The first kappa shape index (κ1) is 27.4. The summed E-state index contributed by atoms with van der Waals surface area (Å²) in [6.07, 6.45) is 3.29. The fourth-order valence-corrected chi connectivity index (χ4v) is 7.31. The largest absolute Gasteiger partial charge is 0.623 e. The maximum atomic E-state index is 13.8. The Hall–Kier alpha value is -3.19. The Morgan fingerprint density at radius 2 is 1.74 bits per heavy atom. The molecule has 1 spiro atoms. The number of nitrogens with zero attached hydrogens (tertiary/aromatic N) is 3. The summed E-state index contributed by atoms with van der Waals surface area (Å²) in [6, 6.07) is 18.0. The summed E-state index contributed by atoms with van der Waals surface area (Å²) in [7, 11) is -1.79. The zero-order chi connectivity index (χ0) is 28.2. The Kier molecular flexibility index (Phi) is 6.65. The van der Waals surface area contributed by atoms with E-state index in [4.69, 9.17) is 18.8 Å². The number of fused-ring (bicyclic) bond motifs is 4. The predicted octanol–water partition coefficient (Wildman–Crippen LogP) is 6.99. The van der Waals surface area contributed by atoms with E-state index < -0.39 is 24.0 Å². The molecule has 0 N–H and O–H groups in total. The molecule has 0 saturated carbocycles. The Balaban J connectivity index is 1.70. The molecule has 2 heterocycles. The smallest absolute Gasteiger partial charge is 0.401 e. The van der Waals surface area contributed by atoms with Gasteiger partial charge in [-0.1, -0.05) is 42.5 Å². The number of hydroxylamine groups is 1. The van der Waals surface area contributed by atoms with Crippen LogP contribution < -0.4 is 9.64 Å². The van der Waals surface area contributed by atoms with Crippen molar-refractivity contribution < 1.29 is 23.1 Å². The van der Waals surface area contributed by atoms with Crippen molar-refractivity contribution in [3.05, 3.63) is 70.9 Å². The van der Waals surface area contributed by atoms with Crippen molar-refractivity contribution in [1.82, 2.24) is 0 Å². The highest BCUT2D eigenvalue weighted by Crippen LogP contribution is 2.60. The highest BCUT2D eigenvalue weighted by atomic mass is 31.2. The van der Waals surface area contributed by atoms with Crippen molar-refractivity contribution >= 4 is 42.2 Å². The van der Waals surface area contributed by atoms with Crippen LogP contribution in [0, 0.1) is 5.21 Å². The highest BCUT2D eigenvalue weighted by molar-refractivity contribution is 7.55. The molecule has 2 aliphatic rings. The summed E-state index contributed by atoms with van der Waals surface area (Å²) >= 11 is 0. The van der Waals surface area contributed by atoms with Gasteiger partial charge in [0.05, 0.1) is 30.4 Å². The lowest BCUT2D eigenvalue weighted by Crippen LogP contribution is -2.61. The van der Waals surface area contributed by atoms with Gasteiger partial charge in [0.1, 0.15) is 5.69 Å². The summed E-state index contributed by atoms with van der Waals surface area (Å²) < 4.78 is 32.4. The lowest BCUT2D eigenvalue weighted by molar-refractivity contribution is -0.510. The van der Waals surface area contributed by atoms with Crippen LogP contribution in [0.15, 0.2) is 59.6 Å². The van der Waals surface area contributed by atoms with Crippen LogP contribution in [-0.4, -0.2) is 48.4 Å². The van der Waals surface area contributed by atoms with Crippen LogP contribution in [-0.2, 0) is 19.0 Å². The second-order valence-corrected chi connectivity index (χ2v) is 13.5. The first-order valence-corrected chi connectivity index (χ1v) is 14.8. The van der Waals surface area contributed by atoms with Crippen molar-refractivity contribution in [2.45, 2.75) is 58.0 Å². The SMILES string of the molecule is CCOP(=O)(OCC)C(C)(C)[N+]([O-])=Cc1cc2ccccc2c2c1OC1(C=N2)N(C)c2ccccc2C1(C)C. The zero-order valence-electron chi connectivity index (χ0n) is 23.6. The molecule has 3 aromatic rings. The van der Waals surface area contributed by atoms with E-state index >= 15 is 0 Å². The van der Waals surface area contributed by atoms with E-state index in [1.807, 2.05) is 55.7 Å². The Morgan fingerprint density at radius 1 is 1.10 bits per heavy atom. The van der Waals surface area contributed by atoms with Crippen LogP contribution in [0.25, 0.3) is 10.8 Å². The molecule has 0 radical (unpaired) electrons. The third kappa shape index (κ3) is 3.92. The van der Waals surface area contributed by atoms with Gasteiger partial charge in [0.15, 0.2) is 12.0 Å². The third-order valence-electron chi connectivity index (χ3n) is 8.03. The molecule has 5 rings (SSSR count). The molecule has 0 aromatic heterocycles. The van der Waals surface area contributed by atoms with Gasteiger partial charge >= 0.3 is 7.60 Å². The summed E-state index contributed by atoms with van der Waals surface area (Å²) in [5, 5.41) is 14.1. The van der Waals surface area contributed by atoms with Gasteiger partial charge in [-0.3, -0.25) is 9.56 Å². The van der Waals surface area contributed by atoms with E-state index in [-0.39, 0.29) is 13.2 Å². The van der Waals surface area contributed by atoms with Gasteiger partial charge in [0.2, 0.25) is 5.72 Å². The van der Waals surface area contributed by atoms with Gasteiger partial charge in [-0.25, -0.2) is 0 Å². The minimum absolute atomic E-state index is 0.155. The number of likely N-dealkylation sites (N-methyl/N-ethyl adjacent to an activating group) is 1. The Bertz CT molecular complexity index is 1540. The van der Waals surface area contributed by atoms with Gasteiger partial charge in [-0.05, 0) is 50.8 Å². The molecular weight excluding hydrogens is 513 g/mol. The van der Waals surface area contributed by atoms with Crippen molar-refractivity contribution in [1.29, 1.82) is 0 Å².